The van der Waals surface area contributed by atoms with Crippen LogP contribution in [0.5, 0.6) is 0 Å². The number of nitrogens with zero attached hydrogens (tertiary/aromatic N) is 11. The molecular weight excluding hydrogens is 712 g/mol. The number of aromatic nitrogens is 10. The third-order valence-corrected chi connectivity index (χ3v) is 11.2. The summed E-state index contributed by atoms with van der Waals surface area (Å²) in [6, 6.07) is 4.29. The van der Waals surface area contributed by atoms with Gasteiger partial charge in [-0.3, -0.25) is 14.0 Å². The minimum atomic E-state index is -4.60. The van der Waals surface area contributed by atoms with Crippen molar-refractivity contribution in [3.63, 3.8) is 0 Å². The Balaban J connectivity index is 1.09. The summed E-state index contributed by atoms with van der Waals surface area (Å²) in [4.78, 5) is 18.3. The van der Waals surface area contributed by atoms with Crippen LogP contribution in [0.1, 0.15) is 93.2 Å². The van der Waals surface area contributed by atoms with Crippen molar-refractivity contribution < 1.29 is 13.2 Å². The van der Waals surface area contributed by atoms with Crippen LogP contribution in [0.25, 0.3) is 0 Å². The molecule has 15 nitrogen and oxygen atoms in total. The van der Waals surface area contributed by atoms with E-state index in [1.54, 1.807) is 16.3 Å². The van der Waals surface area contributed by atoms with Crippen LogP contribution in [0.2, 0.25) is 0 Å². The molecule has 5 aromatic heterocycles. The van der Waals surface area contributed by atoms with E-state index < -0.39 is 22.8 Å². The van der Waals surface area contributed by atoms with Crippen molar-refractivity contribution in [2.75, 3.05) is 34.4 Å². The quantitative estimate of drug-likeness (QED) is 0.107. The zero-order valence-electron chi connectivity index (χ0n) is 31.8. The first-order valence-corrected chi connectivity index (χ1v) is 18.5. The lowest BCUT2D eigenvalue weighted by Gasteiger charge is -2.29. The Morgan fingerprint density at radius 1 is 0.982 bits per heavy atom. The molecule has 1 spiro atoms. The van der Waals surface area contributed by atoms with E-state index in [2.05, 4.69) is 49.3 Å². The number of fused-ring (bicyclic) bond motifs is 2. The Morgan fingerprint density at radius 2 is 1.67 bits per heavy atom. The molecule has 0 saturated heterocycles. The van der Waals surface area contributed by atoms with Crippen LogP contribution in [-0.2, 0) is 29.7 Å². The molecule has 6 heterocycles. The molecule has 288 valence electrons. The predicted octanol–water partition coefficient (Wildman–Crippen LogP) is 6.62. The Hall–Kier alpha value is -5.73. The van der Waals surface area contributed by atoms with Crippen LogP contribution in [0.3, 0.4) is 0 Å². The maximum absolute atomic E-state index is 13.6. The van der Waals surface area contributed by atoms with E-state index in [0.717, 1.165) is 60.6 Å². The molecule has 8 rings (SSSR count). The second-order valence-electron chi connectivity index (χ2n) is 15.8. The predicted molar refractivity (Wildman–Crippen MR) is 199 cm³/mol. The van der Waals surface area contributed by atoms with Gasteiger partial charge in [0.1, 0.15) is 28.3 Å². The second-order valence-corrected chi connectivity index (χ2v) is 15.8. The van der Waals surface area contributed by atoms with E-state index >= 15 is 0 Å². The van der Waals surface area contributed by atoms with Crippen molar-refractivity contribution in [2.24, 2.45) is 13.0 Å². The van der Waals surface area contributed by atoms with E-state index in [1.165, 1.54) is 5.56 Å². The molecule has 3 aliphatic rings. The lowest BCUT2D eigenvalue weighted by molar-refractivity contribution is -0.137. The van der Waals surface area contributed by atoms with Gasteiger partial charge in [0.25, 0.3) is 0 Å². The van der Waals surface area contributed by atoms with Crippen LogP contribution in [0.4, 0.5) is 48.1 Å². The van der Waals surface area contributed by atoms with Gasteiger partial charge in [-0.05, 0) is 79.2 Å². The monoisotopic (exact) mass is 755 g/mol. The van der Waals surface area contributed by atoms with E-state index in [-0.39, 0.29) is 35.6 Å². The first-order valence-electron chi connectivity index (χ1n) is 18.5. The van der Waals surface area contributed by atoms with Crippen LogP contribution >= 0.6 is 0 Å². The molecule has 4 N–H and O–H groups in total. The summed E-state index contributed by atoms with van der Waals surface area (Å²) < 4.78 is 46.2. The van der Waals surface area contributed by atoms with Gasteiger partial charge in [-0.25, -0.2) is 9.97 Å². The molecule has 18 heteroatoms. The van der Waals surface area contributed by atoms with E-state index in [9.17, 15) is 18.4 Å². The number of aryl methyl sites for hydroxylation is 3. The summed E-state index contributed by atoms with van der Waals surface area (Å²) in [7, 11) is 1.88. The summed E-state index contributed by atoms with van der Waals surface area (Å²) in [5.74, 6) is 1.51. The summed E-state index contributed by atoms with van der Waals surface area (Å²) in [6.07, 6.45) is 5.58. The van der Waals surface area contributed by atoms with Crippen LogP contribution in [0, 0.1) is 31.1 Å². The third-order valence-electron chi connectivity index (χ3n) is 11.2. The van der Waals surface area contributed by atoms with Gasteiger partial charge in [0.15, 0.2) is 0 Å². The van der Waals surface area contributed by atoms with Crippen molar-refractivity contribution in [3.05, 3.63) is 64.8 Å². The van der Waals surface area contributed by atoms with Crippen molar-refractivity contribution in [1.82, 2.24) is 49.3 Å². The van der Waals surface area contributed by atoms with Crippen LogP contribution in [0.15, 0.2) is 30.9 Å². The Bertz CT molecular complexity index is 2330. The maximum atomic E-state index is 13.6. The second kappa shape index (κ2) is 12.7. The SMILES string of the molecule is CCNc1nc(Nc2cn(C(C)(CC3CC3c3nc(Nc4cn(C(C)(C)C#N)nc4C)nc4c3C3(CC3)CN4)c3ccn(C)n3)nc2C)ncc1C(F)(F)F. The van der Waals surface area contributed by atoms with Gasteiger partial charge in [0, 0.05) is 55.6 Å². The molecule has 3 atom stereocenters. The molecular formula is C37H44F3N15. The molecule has 0 bridgehead atoms. The highest BCUT2D eigenvalue weighted by molar-refractivity contribution is 5.66. The molecule has 0 aromatic carbocycles. The average Bonchev–Trinajstić information content (AvgIpc) is 3.85. The maximum Gasteiger partial charge on any atom is 0.421 e. The topological polar surface area (TPSA) is 177 Å². The highest BCUT2D eigenvalue weighted by atomic mass is 19.4. The summed E-state index contributed by atoms with van der Waals surface area (Å²) in [5, 5.41) is 36.8. The standard InChI is InChI=1S/C37H44F3N15/c1-8-42-30-24(37(38,39)40)15-43-32(48-30)45-26-17-55(51-21(26)3)35(6,27-9-12-53(7)52-27)14-22-13-23(22)29-28-31(44-19-36(28)10-11-36)49-33(47-29)46-25-16-54(50-20(25)2)34(4,5)18-41/h9,12,15-17,22-23H,8,10-11,13-14,19H2,1-7H3,(H2,42,43,45,48)(H2,44,46,47,49). The van der Waals surface area contributed by atoms with Gasteiger partial charge in [-0.2, -0.15) is 43.7 Å². The van der Waals surface area contributed by atoms with Gasteiger partial charge in [-0.15, -0.1) is 0 Å². The molecule has 1 aliphatic heterocycles. The number of alkyl halides is 3. The van der Waals surface area contributed by atoms with Crippen LogP contribution in [-0.4, -0.2) is 62.4 Å². The number of halogens is 3. The highest BCUT2D eigenvalue weighted by Gasteiger charge is 2.56. The Kier molecular flexibility index (Phi) is 8.35. The van der Waals surface area contributed by atoms with Crippen molar-refractivity contribution in [3.8, 4) is 6.07 Å². The zero-order valence-corrected chi connectivity index (χ0v) is 31.8. The van der Waals surface area contributed by atoms with E-state index in [4.69, 9.17) is 20.2 Å². The minimum Gasteiger partial charge on any atom is -0.370 e. The van der Waals surface area contributed by atoms with E-state index in [1.807, 2.05) is 64.1 Å². The van der Waals surface area contributed by atoms with E-state index in [0.29, 0.717) is 23.8 Å². The average molecular weight is 756 g/mol. The number of hydrogen-bond acceptors (Lipinski definition) is 12. The number of nitriles is 1. The number of rotatable bonds is 12. The molecule has 5 aromatic rings. The molecule has 2 saturated carbocycles. The smallest absolute Gasteiger partial charge is 0.370 e. The first-order chi connectivity index (χ1) is 26.0. The fourth-order valence-electron chi connectivity index (χ4n) is 7.66. The molecule has 0 radical (unpaired) electrons. The highest BCUT2D eigenvalue weighted by Crippen LogP contribution is 2.61. The van der Waals surface area contributed by atoms with Gasteiger partial charge < -0.3 is 21.3 Å². The van der Waals surface area contributed by atoms with Crippen LogP contribution < -0.4 is 21.3 Å². The fourth-order valence-corrected chi connectivity index (χ4v) is 7.66. The lowest BCUT2D eigenvalue weighted by atomic mass is 9.89. The molecule has 2 fully saturated rings. The lowest BCUT2D eigenvalue weighted by Crippen LogP contribution is -2.34. The zero-order chi connectivity index (χ0) is 39.1. The van der Waals surface area contributed by atoms with Crippen molar-refractivity contribution in [2.45, 2.75) is 95.8 Å². The Morgan fingerprint density at radius 3 is 2.31 bits per heavy atom. The van der Waals surface area contributed by atoms with Gasteiger partial charge in [0.2, 0.25) is 11.9 Å². The summed E-state index contributed by atoms with van der Waals surface area (Å²) in [5.41, 5.74) is 3.41. The van der Waals surface area contributed by atoms with Gasteiger partial charge in [0.05, 0.1) is 46.4 Å². The van der Waals surface area contributed by atoms with Crippen molar-refractivity contribution in [1.29, 1.82) is 5.26 Å². The molecule has 55 heavy (non-hydrogen) atoms. The molecule has 3 unspecified atom stereocenters. The van der Waals surface area contributed by atoms with Gasteiger partial charge >= 0.3 is 6.18 Å². The molecule has 2 aliphatic carbocycles. The number of hydrogen-bond donors (Lipinski definition) is 4. The first kappa shape index (κ1) is 36.3. The summed E-state index contributed by atoms with van der Waals surface area (Å²) >= 11 is 0. The van der Waals surface area contributed by atoms with Crippen molar-refractivity contribution >= 4 is 34.9 Å². The normalized spacial score (nSPS) is 19.4. The Labute approximate surface area is 316 Å². The number of anilines is 6. The van der Waals surface area contributed by atoms with Gasteiger partial charge in [-0.1, -0.05) is 0 Å². The largest absolute Gasteiger partial charge is 0.421 e. The summed E-state index contributed by atoms with van der Waals surface area (Å²) in [6.45, 7) is 12.3. The number of nitrogens with one attached hydrogen (secondary N) is 4. The minimum absolute atomic E-state index is 0.0226. The third kappa shape index (κ3) is 6.48. The molecule has 0 amide bonds. The fraction of sp³-hybridized carbons (Fsp3) is 0.514.